The van der Waals surface area contributed by atoms with Crippen molar-refractivity contribution in [3.63, 3.8) is 0 Å². The van der Waals surface area contributed by atoms with Gasteiger partial charge in [-0.2, -0.15) is 0 Å². The molecule has 0 saturated heterocycles. The first-order valence-corrected chi connectivity index (χ1v) is 6.04. The molecule has 1 aromatic rings. The van der Waals surface area contributed by atoms with E-state index in [4.69, 9.17) is 0 Å². The van der Waals surface area contributed by atoms with Crippen LogP contribution in [0.1, 0.15) is 56.5 Å². The smallest absolute Gasteiger partial charge is 0.0953 e. The maximum Gasteiger partial charge on any atom is 0.0953 e. The van der Waals surface area contributed by atoms with Crippen LogP contribution in [-0.2, 0) is 0 Å². The normalized spacial score (nSPS) is 13.9. The minimum Gasteiger partial charge on any atom is -0.307 e. The number of hydrogen-bond acceptors (Lipinski definition) is 3. The molecule has 0 radical (unpaired) electrons. The van der Waals surface area contributed by atoms with Crippen molar-refractivity contribution < 1.29 is 0 Å². The van der Waals surface area contributed by atoms with E-state index in [1.54, 1.807) is 0 Å². The third-order valence-corrected chi connectivity index (χ3v) is 3.53. The number of rotatable bonds is 4. The van der Waals surface area contributed by atoms with Crippen molar-refractivity contribution in [2.75, 3.05) is 0 Å². The molecule has 3 heteroatoms. The van der Waals surface area contributed by atoms with Crippen molar-refractivity contribution >= 4 is 11.3 Å². The van der Waals surface area contributed by atoms with Gasteiger partial charge in [-0.05, 0) is 6.92 Å². The van der Waals surface area contributed by atoms with E-state index in [0.717, 1.165) is 0 Å². The fourth-order valence-corrected chi connectivity index (χ4v) is 2.28. The molecular formula is C11H20N2S. The molecule has 1 aromatic heterocycles. The lowest BCUT2D eigenvalue weighted by Gasteiger charge is -2.14. The summed E-state index contributed by atoms with van der Waals surface area (Å²) in [5, 5.41) is 4.72. The molecule has 0 spiro atoms. The lowest BCUT2D eigenvalue weighted by atomic mass is 10.2. The van der Waals surface area contributed by atoms with E-state index in [1.807, 2.05) is 17.5 Å². The average Bonchev–Trinajstić information content (AvgIpc) is 2.50. The molecule has 0 aliphatic rings. The van der Waals surface area contributed by atoms with Gasteiger partial charge in [0, 0.05) is 29.1 Å². The summed E-state index contributed by atoms with van der Waals surface area (Å²) >= 11 is 1.82. The Morgan fingerprint density at radius 3 is 2.29 bits per heavy atom. The zero-order chi connectivity index (χ0) is 10.7. The first-order chi connectivity index (χ1) is 6.50. The lowest BCUT2D eigenvalue weighted by molar-refractivity contribution is 0.511. The maximum atomic E-state index is 4.42. The van der Waals surface area contributed by atoms with Crippen LogP contribution in [0.15, 0.2) is 6.20 Å². The van der Waals surface area contributed by atoms with E-state index in [2.05, 4.69) is 44.9 Å². The van der Waals surface area contributed by atoms with Crippen LogP contribution < -0.4 is 5.32 Å². The zero-order valence-corrected chi connectivity index (χ0v) is 10.5. The predicted molar refractivity (Wildman–Crippen MR) is 62.9 cm³/mol. The lowest BCUT2D eigenvalue weighted by Crippen LogP contribution is -2.25. The van der Waals surface area contributed by atoms with Gasteiger partial charge < -0.3 is 5.32 Å². The quantitative estimate of drug-likeness (QED) is 0.828. The van der Waals surface area contributed by atoms with Gasteiger partial charge in [-0.15, -0.1) is 11.3 Å². The van der Waals surface area contributed by atoms with Crippen LogP contribution in [0.5, 0.6) is 0 Å². The van der Waals surface area contributed by atoms with Crippen LogP contribution in [0.3, 0.4) is 0 Å². The molecular weight excluding hydrogens is 192 g/mol. The summed E-state index contributed by atoms with van der Waals surface area (Å²) < 4.78 is 0. The van der Waals surface area contributed by atoms with Crippen LogP contribution in [0.4, 0.5) is 0 Å². The van der Waals surface area contributed by atoms with Crippen molar-refractivity contribution in [1.82, 2.24) is 10.3 Å². The number of aromatic nitrogens is 1. The van der Waals surface area contributed by atoms with Gasteiger partial charge in [0.1, 0.15) is 0 Å². The van der Waals surface area contributed by atoms with Crippen molar-refractivity contribution in [1.29, 1.82) is 0 Å². The van der Waals surface area contributed by atoms with Crippen molar-refractivity contribution in [2.24, 2.45) is 0 Å². The predicted octanol–water partition coefficient (Wildman–Crippen LogP) is 3.33. The van der Waals surface area contributed by atoms with E-state index in [-0.39, 0.29) is 0 Å². The minimum absolute atomic E-state index is 0.417. The monoisotopic (exact) mass is 212 g/mol. The molecule has 0 aromatic carbocycles. The van der Waals surface area contributed by atoms with Crippen molar-refractivity contribution in [3.8, 4) is 0 Å². The van der Waals surface area contributed by atoms with Crippen LogP contribution >= 0.6 is 11.3 Å². The van der Waals surface area contributed by atoms with Gasteiger partial charge in [0.25, 0.3) is 0 Å². The number of nitrogens with one attached hydrogen (secondary N) is 1. The van der Waals surface area contributed by atoms with Gasteiger partial charge >= 0.3 is 0 Å². The molecule has 0 unspecified atom stereocenters. The second-order valence-electron chi connectivity index (χ2n) is 4.30. The first kappa shape index (κ1) is 11.7. The van der Waals surface area contributed by atoms with Crippen LogP contribution in [0.25, 0.3) is 0 Å². The van der Waals surface area contributed by atoms with Gasteiger partial charge in [0.05, 0.1) is 5.01 Å². The molecule has 0 saturated carbocycles. The largest absolute Gasteiger partial charge is 0.307 e. The van der Waals surface area contributed by atoms with Gasteiger partial charge in [-0.25, -0.2) is 4.98 Å². The summed E-state index contributed by atoms with van der Waals surface area (Å²) in [6, 6.07) is 0.939. The topological polar surface area (TPSA) is 24.9 Å². The third-order valence-electron chi connectivity index (χ3n) is 2.05. The Balaban J connectivity index is 2.66. The molecule has 14 heavy (non-hydrogen) atoms. The van der Waals surface area contributed by atoms with Gasteiger partial charge in [0.2, 0.25) is 0 Å². The summed E-state index contributed by atoms with van der Waals surface area (Å²) in [5.74, 6) is 0.542. The highest BCUT2D eigenvalue weighted by atomic mass is 32.1. The summed E-state index contributed by atoms with van der Waals surface area (Å²) in [6.07, 6.45) is 2.00. The first-order valence-electron chi connectivity index (χ1n) is 5.22. The molecule has 0 bridgehead atoms. The number of nitrogens with zero attached hydrogens (tertiary/aromatic N) is 1. The average molecular weight is 212 g/mol. The Morgan fingerprint density at radius 2 is 1.86 bits per heavy atom. The Labute approximate surface area is 90.8 Å². The van der Waals surface area contributed by atoms with Gasteiger partial charge in [-0.1, -0.05) is 27.7 Å². The molecule has 0 aliphatic heterocycles. The molecule has 2 nitrogen and oxygen atoms in total. The Kier molecular flexibility index (Phi) is 4.08. The van der Waals surface area contributed by atoms with Gasteiger partial charge in [0.15, 0.2) is 0 Å². The molecule has 0 fully saturated rings. The molecule has 1 heterocycles. The number of hydrogen-bond donors (Lipinski definition) is 1. The second kappa shape index (κ2) is 4.89. The highest BCUT2D eigenvalue weighted by molar-refractivity contribution is 7.11. The van der Waals surface area contributed by atoms with Gasteiger partial charge in [-0.3, -0.25) is 0 Å². The molecule has 0 aliphatic carbocycles. The summed E-state index contributed by atoms with van der Waals surface area (Å²) in [5.41, 5.74) is 0. The second-order valence-corrected chi connectivity index (χ2v) is 5.39. The van der Waals surface area contributed by atoms with E-state index < -0.39 is 0 Å². The van der Waals surface area contributed by atoms with Crippen molar-refractivity contribution in [3.05, 3.63) is 16.1 Å². The maximum absolute atomic E-state index is 4.42. The fraction of sp³-hybridized carbons (Fsp3) is 0.727. The zero-order valence-electron chi connectivity index (χ0n) is 9.66. The molecule has 1 N–H and O–H groups in total. The van der Waals surface area contributed by atoms with Crippen LogP contribution in [0.2, 0.25) is 0 Å². The third kappa shape index (κ3) is 3.07. The number of thiazole rings is 1. The van der Waals surface area contributed by atoms with Crippen molar-refractivity contribution in [2.45, 2.75) is 52.6 Å². The molecule has 0 amide bonds. The van der Waals surface area contributed by atoms with Crippen LogP contribution in [-0.4, -0.2) is 11.0 Å². The molecule has 1 atom stereocenters. The Hall–Kier alpha value is -0.410. The summed E-state index contributed by atoms with van der Waals surface area (Å²) in [6.45, 7) is 10.9. The Bertz CT molecular complexity index is 279. The highest BCUT2D eigenvalue weighted by Gasteiger charge is 2.11. The summed E-state index contributed by atoms with van der Waals surface area (Å²) in [7, 11) is 0. The summed E-state index contributed by atoms with van der Waals surface area (Å²) in [4.78, 5) is 5.76. The SMILES string of the molecule is CC(C)N[C@@H](C)c1cnc(C(C)C)s1. The van der Waals surface area contributed by atoms with E-state index in [1.165, 1.54) is 9.88 Å². The minimum atomic E-state index is 0.417. The standard InChI is InChI=1S/C11H20N2S/c1-7(2)11-12-6-10(14-11)9(5)13-8(3)4/h6-9,13H,1-5H3/t9-/m0/s1. The van der Waals surface area contributed by atoms with E-state index in [9.17, 15) is 0 Å². The fourth-order valence-electron chi connectivity index (χ4n) is 1.35. The molecule has 80 valence electrons. The molecule has 1 rings (SSSR count). The van der Waals surface area contributed by atoms with E-state index >= 15 is 0 Å². The Morgan fingerprint density at radius 1 is 1.21 bits per heavy atom. The van der Waals surface area contributed by atoms with E-state index in [0.29, 0.717) is 18.0 Å². The highest BCUT2D eigenvalue weighted by Crippen LogP contribution is 2.25. The van der Waals surface area contributed by atoms with Crippen LogP contribution in [0, 0.1) is 0 Å².